The maximum Gasteiger partial charge on any atom is 0.174 e. The zero-order chi connectivity index (χ0) is 22.4. The number of aromatic nitrogens is 2. The molecule has 2 heterocycles. The number of fused-ring (bicyclic) bond motifs is 1. The van der Waals surface area contributed by atoms with Crippen LogP contribution in [0.4, 0.5) is 8.78 Å². The second-order valence-corrected chi connectivity index (χ2v) is 7.51. The number of aliphatic hydroxyl groups excluding tert-OH is 1. The average Bonchev–Trinajstić information content (AvgIpc) is 3.19. The number of halogens is 3. The Labute approximate surface area is 192 Å². The minimum Gasteiger partial charge on any atom is -0.488 e. The molecule has 2 atom stereocenters. The van der Waals surface area contributed by atoms with Crippen molar-refractivity contribution < 1.29 is 23.4 Å². The molecule has 2 N–H and O–H groups in total. The lowest BCUT2D eigenvalue weighted by atomic mass is 9.97. The second-order valence-electron chi connectivity index (χ2n) is 6.79. The van der Waals surface area contributed by atoms with Crippen molar-refractivity contribution in [2.75, 3.05) is 20.3 Å². The van der Waals surface area contributed by atoms with Crippen molar-refractivity contribution >= 4 is 39.8 Å². The molecule has 2 aromatic heterocycles. The quantitative estimate of drug-likeness (QED) is 0.226. The molecule has 0 amide bonds. The summed E-state index contributed by atoms with van der Waals surface area (Å²) in [6.45, 7) is 2.30. The lowest BCUT2D eigenvalue weighted by Gasteiger charge is -2.16. The van der Waals surface area contributed by atoms with Gasteiger partial charge < -0.3 is 19.6 Å². The fourth-order valence-corrected chi connectivity index (χ4v) is 3.30. The number of rotatable bonds is 9. The largest absolute Gasteiger partial charge is 0.488 e. The van der Waals surface area contributed by atoms with Crippen molar-refractivity contribution in [3.8, 4) is 5.75 Å². The van der Waals surface area contributed by atoms with Gasteiger partial charge in [-0.05, 0) is 27.8 Å². The van der Waals surface area contributed by atoms with Crippen LogP contribution in [0.5, 0.6) is 5.75 Å². The molecular weight excluding hydrogens is 519 g/mol. The van der Waals surface area contributed by atoms with Gasteiger partial charge in [-0.15, -0.1) is 0 Å². The number of aliphatic hydroxyl groups is 1. The summed E-state index contributed by atoms with van der Waals surface area (Å²) >= 11 is 2.08. The molecule has 1 aromatic carbocycles. The van der Waals surface area contributed by atoms with Crippen LogP contribution in [0.15, 0.2) is 45.9 Å². The summed E-state index contributed by atoms with van der Waals surface area (Å²) in [5, 5.41) is 11.5. The van der Waals surface area contributed by atoms with E-state index in [-0.39, 0.29) is 24.9 Å². The Morgan fingerprint density at radius 1 is 1.32 bits per heavy atom. The van der Waals surface area contributed by atoms with E-state index in [9.17, 15) is 13.9 Å². The number of nitrogens with one attached hydrogen (secondary N) is 1. The molecule has 0 saturated heterocycles. The van der Waals surface area contributed by atoms with E-state index < -0.39 is 23.3 Å². The predicted octanol–water partition coefficient (Wildman–Crippen LogP) is 5.03. The zero-order valence-electron chi connectivity index (χ0n) is 17.0. The highest BCUT2D eigenvalue weighted by atomic mass is 127. The molecule has 0 fully saturated rings. The van der Waals surface area contributed by atoms with Gasteiger partial charge in [0.05, 0.1) is 12.2 Å². The third-order valence-electron chi connectivity index (χ3n) is 4.77. The minimum absolute atomic E-state index is 0.0459. The molecule has 0 saturated carbocycles. The van der Waals surface area contributed by atoms with Crippen LogP contribution >= 0.6 is 22.6 Å². The average molecular weight is 541 g/mol. The number of ether oxygens (including phenoxy) is 2. The van der Waals surface area contributed by atoms with Crippen LogP contribution in [0.2, 0.25) is 0 Å². The Morgan fingerprint density at radius 2 is 2.13 bits per heavy atom. The van der Waals surface area contributed by atoms with Gasteiger partial charge in [0.2, 0.25) is 0 Å². The third-order valence-corrected chi connectivity index (χ3v) is 5.09. The van der Waals surface area contributed by atoms with Crippen molar-refractivity contribution in [1.29, 1.82) is 0 Å². The number of methoxy groups -OCH3 is 1. The van der Waals surface area contributed by atoms with E-state index in [0.717, 1.165) is 11.6 Å². The molecule has 9 heteroatoms. The normalized spacial score (nSPS) is 14.0. The smallest absolute Gasteiger partial charge is 0.174 e. The fraction of sp³-hybridized carbons (Fsp3) is 0.273. The van der Waals surface area contributed by atoms with E-state index in [2.05, 4.69) is 37.6 Å². The standard InChI is InChI=1S/C22H22F2IN3O3/c1-13(10-26-6-5-25)14-9-15-16(12-28-22(15)27-11-14)21(29)19-17(23)3-4-18(20(19)24)31-8-7-30-2/h3-6,9-13,21,29H,7-8H2,1-2H3,(H,27,28)/b6-5-,26-10-. The van der Waals surface area contributed by atoms with Crippen molar-refractivity contribution in [1.82, 2.24) is 9.97 Å². The Balaban J connectivity index is 1.98. The van der Waals surface area contributed by atoms with Crippen molar-refractivity contribution in [2.24, 2.45) is 4.99 Å². The summed E-state index contributed by atoms with van der Waals surface area (Å²) in [6.07, 6.45) is 5.08. The molecule has 3 rings (SSSR count). The van der Waals surface area contributed by atoms with Gasteiger partial charge in [0.15, 0.2) is 11.6 Å². The first-order valence-corrected chi connectivity index (χ1v) is 10.8. The van der Waals surface area contributed by atoms with Gasteiger partial charge in [-0.2, -0.15) is 0 Å². The molecule has 2 unspecified atom stereocenters. The zero-order valence-corrected chi connectivity index (χ0v) is 19.1. The van der Waals surface area contributed by atoms with E-state index >= 15 is 0 Å². The number of aliphatic imine (C=N–C) groups is 1. The van der Waals surface area contributed by atoms with Crippen LogP contribution in [0.25, 0.3) is 11.0 Å². The van der Waals surface area contributed by atoms with Gasteiger partial charge in [-0.1, -0.05) is 29.5 Å². The molecule has 31 heavy (non-hydrogen) atoms. The highest BCUT2D eigenvalue weighted by molar-refractivity contribution is 14.1. The SMILES string of the molecule is COCCOc1ccc(F)c(C(O)c2c[nH]c3ncc(C(C)/C=N\C=C/I)cc23)c1F. The summed E-state index contributed by atoms with van der Waals surface area (Å²) in [5.41, 5.74) is 1.18. The number of benzene rings is 1. The summed E-state index contributed by atoms with van der Waals surface area (Å²) in [4.78, 5) is 11.5. The molecule has 3 aromatic rings. The molecule has 0 aliphatic carbocycles. The lowest BCUT2D eigenvalue weighted by molar-refractivity contribution is 0.142. The maximum atomic E-state index is 15.0. The number of hydrogen-bond acceptors (Lipinski definition) is 5. The molecular formula is C22H22F2IN3O3. The molecule has 0 bridgehead atoms. The lowest BCUT2D eigenvalue weighted by Crippen LogP contribution is -2.10. The van der Waals surface area contributed by atoms with Crippen molar-refractivity contribution in [3.63, 3.8) is 0 Å². The van der Waals surface area contributed by atoms with E-state index in [1.54, 1.807) is 22.7 Å². The van der Waals surface area contributed by atoms with Crippen LogP contribution in [-0.4, -0.2) is 41.6 Å². The predicted molar refractivity (Wildman–Crippen MR) is 124 cm³/mol. The van der Waals surface area contributed by atoms with E-state index in [4.69, 9.17) is 9.47 Å². The first-order chi connectivity index (χ1) is 15.0. The Hall–Kier alpha value is -2.37. The van der Waals surface area contributed by atoms with Gasteiger partial charge in [0.25, 0.3) is 0 Å². The Morgan fingerprint density at radius 3 is 2.87 bits per heavy atom. The first-order valence-electron chi connectivity index (χ1n) is 9.51. The molecule has 0 spiro atoms. The summed E-state index contributed by atoms with van der Waals surface area (Å²) in [5.74, 6) is -2.02. The molecule has 0 radical (unpaired) electrons. The highest BCUT2D eigenvalue weighted by Crippen LogP contribution is 2.35. The minimum atomic E-state index is -1.55. The van der Waals surface area contributed by atoms with E-state index in [0.29, 0.717) is 16.6 Å². The number of H-pyrrole nitrogens is 1. The Kier molecular flexibility index (Phi) is 8.10. The van der Waals surface area contributed by atoms with Crippen LogP contribution in [-0.2, 0) is 4.74 Å². The monoisotopic (exact) mass is 541 g/mol. The van der Waals surface area contributed by atoms with Crippen LogP contribution in [0.1, 0.15) is 35.6 Å². The van der Waals surface area contributed by atoms with Crippen LogP contribution < -0.4 is 4.74 Å². The van der Waals surface area contributed by atoms with Gasteiger partial charge in [-0.25, -0.2) is 13.8 Å². The van der Waals surface area contributed by atoms with Crippen LogP contribution in [0.3, 0.4) is 0 Å². The van der Waals surface area contributed by atoms with E-state index in [1.165, 1.54) is 19.4 Å². The number of aromatic amines is 1. The fourth-order valence-electron chi connectivity index (χ4n) is 3.11. The van der Waals surface area contributed by atoms with Crippen molar-refractivity contribution in [2.45, 2.75) is 18.9 Å². The molecule has 164 valence electrons. The number of pyridine rings is 1. The van der Waals surface area contributed by atoms with Crippen molar-refractivity contribution in [3.05, 3.63) is 69.2 Å². The maximum absolute atomic E-state index is 15.0. The van der Waals surface area contributed by atoms with E-state index in [1.807, 2.05) is 13.0 Å². The summed E-state index contributed by atoms with van der Waals surface area (Å²) in [6, 6.07) is 4.09. The van der Waals surface area contributed by atoms with Gasteiger partial charge in [0, 0.05) is 48.8 Å². The third kappa shape index (κ3) is 5.28. The second kappa shape index (κ2) is 10.8. The summed E-state index contributed by atoms with van der Waals surface area (Å²) < 4.78 is 41.5. The van der Waals surface area contributed by atoms with Gasteiger partial charge >= 0.3 is 0 Å². The topological polar surface area (TPSA) is 79.7 Å². The number of nitrogens with zero attached hydrogens (tertiary/aromatic N) is 2. The van der Waals surface area contributed by atoms with Gasteiger partial charge in [-0.3, -0.25) is 4.99 Å². The molecule has 0 aliphatic heterocycles. The first kappa shape index (κ1) is 23.3. The summed E-state index contributed by atoms with van der Waals surface area (Å²) in [7, 11) is 1.49. The number of hydrogen-bond donors (Lipinski definition) is 2. The molecule has 0 aliphatic rings. The van der Waals surface area contributed by atoms with Crippen LogP contribution in [0, 0.1) is 11.6 Å². The Bertz CT molecular complexity index is 1100. The highest BCUT2D eigenvalue weighted by Gasteiger charge is 2.25. The van der Waals surface area contributed by atoms with Gasteiger partial charge in [0.1, 0.15) is 24.2 Å². The molecule has 6 nitrogen and oxygen atoms in total.